The Labute approximate surface area is 152 Å². The van der Waals surface area contributed by atoms with E-state index < -0.39 is 11.6 Å². The number of carbonyl (C=O) groups excluding carboxylic acids is 1. The van der Waals surface area contributed by atoms with Gasteiger partial charge in [0.25, 0.3) is 0 Å². The normalized spacial score (nSPS) is 16.3. The smallest absolute Gasteiger partial charge is 0.348 e. The molecule has 1 amide bonds. The fourth-order valence-corrected chi connectivity index (χ4v) is 3.20. The van der Waals surface area contributed by atoms with Gasteiger partial charge in [0.2, 0.25) is 11.5 Å². The largest absolute Gasteiger partial charge is 0.478 e. The SMILES string of the molecule is Cc1ccc(OC2(C(=O)O)CCN(C(=O)Cn3cccc3)CC2)c(C)n1. The lowest BCUT2D eigenvalue weighted by molar-refractivity contribution is -0.162. The first-order chi connectivity index (χ1) is 12.4. The quantitative estimate of drug-likeness (QED) is 0.885. The Morgan fingerprint density at radius 3 is 2.42 bits per heavy atom. The van der Waals surface area contributed by atoms with Crippen molar-refractivity contribution in [2.24, 2.45) is 0 Å². The predicted molar refractivity (Wildman–Crippen MR) is 95.0 cm³/mol. The summed E-state index contributed by atoms with van der Waals surface area (Å²) in [4.78, 5) is 30.4. The molecular formula is C19H23N3O4. The molecule has 138 valence electrons. The number of carbonyl (C=O) groups is 2. The highest BCUT2D eigenvalue weighted by atomic mass is 16.5. The number of aromatic nitrogens is 2. The van der Waals surface area contributed by atoms with E-state index in [1.54, 1.807) is 28.5 Å². The van der Waals surface area contributed by atoms with Crippen LogP contribution >= 0.6 is 0 Å². The van der Waals surface area contributed by atoms with Gasteiger partial charge in [-0.1, -0.05) is 0 Å². The molecule has 1 aliphatic rings. The molecule has 7 heteroatoms. The average molecular weight is 357 g/mol. The standard InChI is InChI=1S/C19H23N3O4/c1-14-5-6-16(15(2)20-14)26-19(18(24)25)7-11-22(12-8-19)17(23)13-21-9-3-4-10-21/h3-6,9-10H,7-8,11-13H2,1-2H3,(H,24,25). The predicted octanol–water partition coefficient (Wildman–Crippen LogP) is 2.02. The van der Waals surface area contributed by atoms with Gasteiger partial charge in [0.15, 0.2) is 0 Å². The highest BCUT2D eigenvalue weighted by molar-refractivity contribution is 5.80. The van der Waals surface area contributed by atoms with Gasteiger partial charge < -0.3 is 19.3 Å². The molecule has 1 saturated heterocycles. The molecule has 0 bridgehead atoms. The molecule has 1 N–H and O–H groups in total. The van der Waals surface area contributed by atoms with E-state index in [4.69, 9.17) is 4.74 Å². The molecule has 2 aromatic rings. The summed E-state index contributed by atoms with van der Waals surface area (Å²) in [5.74, 6) is -0.548. The van der Waals surface area contributed by atoms with E-state index in [9.17, 15) is 14.7 Å². The molecule has 1 fully saturated rings. The lowest BCUT2D eigenvalue weighted by Gasteiger charge is -2.39. The number of carboxylic acids is 1. The number of amides is 1. The minimum Gasteiger partial charge on any atom is -0.478 e. The number of carboxylic acid groups (broad SMARTS) is 1. The molecular weight excluding hydrogens is 334 g/mol. The van der Waals surface area contributed by atoms with Crippen molar-refractivity contribution in [1.29, 1.82) is 0 Å². The Hall–Kier alpha value is -2.83. The van der Waals surface area contributed by atoms with Gasteiger partial charge in [-0.2, -0.15) is 0 Å². The first-order valence-electron chi connectivity index (χ1n) is 8.65. The summed E-state index contributed by atoms with van der Waals surface area (Å²) in [6.07, 6.45) is 4.15. The van der Waals surface area contributed by atoms with Crippen molar-refractivity contribution in [3.8, 4) is 5.75 Å². The van der Waals surface area contributed by atoms with Crippen molar-refractivity contribution in [2.75, 3.05) is 13.1 Å². The molecule has 0 radical (unpaired) electrons. The van der Waals surface area contributed by atoms with Crippen molar-refractivity contribution >= 4 is 11.9 Å². The van der Waals surface area contributed by atoms with Gasteiger partial charge >= 0.3 is 5.97 Å². The molecule has 7 nitrogen and oxygen atoms in total. The topological polar surface area (TPSA) is 84.7 Å². The van der Waals surface area contributed by atoms with E-state index in [1.165, 1.54) is 0 Å². The fourth-order valence-electron chi connectivity index (χ4n) is 3.20. The number of rotatable bonds is 5. The van der Waals surface area contributed by atoms with Crippen molar-refractivity contribution in [1.82, 2.24) is 14.5 Å². The third-order valence-corrected chi connectivity index (χ3v) is 4.78. The Balaban J connectivity index is 1.68. The zero-order chi connectivity index (χ0) is 18.7. The van der Waals surface area contributed by atoms with Crippen LogP contribution in [0.1, 0.15) is 24.2 Å². The van der Waals surface area contributed by atoms with Crippen LogP contribution in [0.25, 0.3) is 0 Å². The highest BCUT2D eigenvalue weighted by Crippen LogP contribution is 2.31. The number of hydrogen-bond donors (Lipinski definition) is 1. The lowest BCUT2D eigenvalue weighted by atomic mass is 9.91. The number of aryl methyl sites for hydroxylation is 2. The fraction of sp³-hybridized carbons (Fsp3) is 0.421. The molecule has 0 aromatic carbocycles. The first kappa shape index (κ1) is 18.0. The van der Waals surface area contributed by atoms with Crippen LogP contribution in [0.3, 0.4) is 0 Å². The number of nitrogens with zero attached hydrogens (tertiary/aromatic N) is 3. The third kappa shape index (κ3) is 3.71. The number of piperidine rings is 1. The highest BCUT2D eigenvalue weighted by Gasteiger charge is 2.45. The monoisotopic (exact) mass is 357 g/mol. The van der Waals surface area contributed by atoms with Gasteiger partial charge in [0, 0.05) is 44.0 Å². The lowest BCUT2D eigenvalue weighted by Crippen LogP contribution is -2.54. The summed E-state index contributed by atoms with van der Waals surface area (Å²) in [5.41, 5.74) is 0.188. The minimum atomic E-state index is -1.33. The summed E-state index contributed by atoms with van der Waals surface area (Å²) in [6.45, 7) is 4.64. The van der Waals surface area contributed by atoms with Gasteiger partial charge in [0.1, 0.15) is 12.3 Å². The Morgan fingerprint density at radius 1 is 1.19 bits per heavy atom. The molecule has 3 heterocycles. The molecule has 0 saturated carbocycles. The zero-order valence-electron chi connectivity index (χ0n) is 15.0. The van der Waals surface area contributed by atoms with E-state index in [0.717, 1.165) is 5.69 Å². The second kappa shape index (κ2) is 7.19. The molecule has 0 unspecified atom stereocenters. The van der Waals surface area contributed by atoms with Crippen LogP contribution in [0.5, 0.6) is 5.75 Å². The van der Waals surface area contributed by atoms with Gasteiger partial charge in [0.05, 0.1) is 5.69 Å². The van der Waals surface area contributed by atoms with Gasteiger partial charge in [-0.05, 0) is 38.1 Å². The van der Waals surface area contributed by atoms with Crippen molar-refractivity contribution in [3.05, 3.63) is 48.0 Å². The maximum absolute atomic E-state index is 12.4. The maximum atomic E-state index is 12.4. The van der Waals surface area contributed by atoms with E-state index >= 15 is 0 Å². The van der Waals surface area contributed by atoms with Gasteiger partial charge in [-0.3, -0.25) is 9.78 Å². The van der Waals surface area contributed by atoms with Crippen LogP contribution in [0.2, 0.25) is 0 Å². The van der Waals surface area contributed by atoms with Crippen LogP contribution in [0.4, 0.5) is 0 Å². The van der Waals surface area contributed by atoms with Crippen molar-refractivity contribution in [3.63, 3.8) is 0 Å². The summed E-state index contributed by atoms with van der Waals surface area (Å²) in [7, 11) is 0. The van der Waals surface area contributed by atoms with Crippen LogP contribution in [-0.4, -0.2) is 50.1 Å². The number of pyridine rings is 1. The Bertz CT molecular complexity index is 793. The van der Waals surface area contributed by atoms with Crippen molar-refractivity contribution < 1.29 is 19.4 Å². The number of likely N-dealkylation sites (tertiary alicyclic amines) is 1. The molecule has 0 atom stereocenters. The summed E-state index contributed by atoms with van der Waals surface area (Å²) in [6, 6.07) is 7.29. The first-order valence-corrected chi connectivity index (χ1v) is 8.65. The molecule has 26 heavy (non-hydrogen) atoms. The van der Waals surface area contributed by atoms with Crippen LogP contribution in [0, 0.1) is 13.8 Å². The molecule has 3 rings (SSSR count). The molecule has 0 aliphatic carbocycles. The molecule has 1 aliphatic heterocycles. The average Bonchev–Trinajstić information content (AvgIpc) is 3.11. The third-order valence-electron chi connectivity index (χ3n) is 4.78. The Kier molecular flexibility index (Phi) is 4.97. The van der Waals surface area contributed by atoms with Crippen LogP contribution < -0.4 is 4.74 Å². The summed E-state index contributed by atoms with van der Waals surface area (Å²) >= 11 is 0. The van der Waals surface area contributed by atoms with Crippen LogP contribution in [-0.2, 0) is 16.1 Å². The van der Waals surface area contributed by atoms with Crippen LogP contribution in [0.15, 0.2) is 36.7 Å². The number of hydrogen-bond acceptors (Lipinski definition) is 4. The second-order valence-corrected chi connectivity index (χ2v) is 6.67. The van der Waals surface area contributed by atoms with E-state index in [2.05, 4.69) is 4.98 Å². The number of ether oxygens (including phenoxy) is 1. The second-order valence-electron chi connectivity index (χ2n) is 6.67. The maximum Gasteiger partial charge on any atom is 0.348 e. The van der Waals surface area contributed by atoms with E-state index in [-0.39, 0.29) is 25.3 Å². The van der Waals surface area contributed by atoms with E-state index in [1.807, 2.05) is 31.5 Å². The zero-order valence-corrected chi connectivity index (χ0v) is 15.0. The summed E-state index contributed by atoms with van der Waals surface area (Å²) < 4.78 is 7.72. The van der Waals surface area contributed by atoms with Gasteiger partial charge in [-0.15, -0.1) is 0 Å². The molecule has 0 spiro atoms. The number of aliphatic carboxylic acids is 1. The summed E-state index contributed by atoms with van der Waals surface area (Å²) in [5, 5.41) is 9.77. The van der Waals surface area contributed by atoms with E-state index in [0.29, 0.717) is 24.5 Å². The molecule has 2 aromatic heterocycles. The Morgan fingerprint density at radius 2 is 1.85 bits per heavy atom. The van der Waals surface area contributed by atoms with Crippen molar-refractivity contribution in [2.45, 2.75) is 38.8 Å². The minimum absolute atomic E-state index is 0.0200. The van der Waals surface area contributed by atoms with Gasteiger partial charge in [-0.25, -0.2) is 4.79 Å².